The summed E-state index contributed by atoms with van der Waals surface area (Å²) in [6, 6.07) is 7.36. The van der Waals surface area contributed by atoms with Gasteiger partial charge in [0.05, 0.1) is 6.20 Å². The Labute approximate surface area is 110 Å². The predicted octanol–water partition coefficient (Wildman–Crippen LogP) is 3.16. The van der Waals surface area contributed by atoms with Crippen molar-refractivity contribution >= 4 is 23.2 Å². The minimum Gasteiger partial charge on any atom is -0.444 e. The van der Waals surface area contributed by atoms with Crippen LogP contribution in [0.2, 0.25) is 0 Å². The van der Waals surface area contributed by atoms with Gasteiger partial charge >= 0.3 is 0 Å². The van der Waals surface area contributed by atoms with Crippen LogP contribution >= 0.6 is 11.6 Å². The van der Waals surface area contributed by atoms with Gasteiger partial charge in [-0.1, -0.05) is 6.92 Å². The number of anilines is 1. The summed E-state index contributed by atoms with van der Waals surface area (Å²) in [6.07, 6.45) is 3.02. The Bertz CT molecular complexity index is 508. The lowest BCUT2D eigenvalue weighted by Gasteiger charge is -2.09. The number of nitrogens with one attached hydrogen (secondary N) is 1. The molecule has 0 bridgehead atoms. The van der Waals surface area contributed by atoms with Crippen LogP contribution in [-0.4, -0.2) is 16.8 Å². The van der Waals surface area contributed by atoms with Crippen molar-refractivity contribution in [3.8, 4) is 11.3 Å². The van der Waals surface area contributed by atoms with E-state index in [1.54, 1.807) is 13.1 Å². The fourth-order valence-corrected chi connectivity index (χ4v) is 1.55. The predicted molar refractivity (Wildman–Crippen MR) is 70.5 cm³/mol. The summed E-state index contributed by atoms with van der Waals surface area (Å²) in [6.45, 7) is 1.78. The number of oxazole rings is 1. The lowest BCUT2D eigenvalue weighted by molar-refractivity contribution is -0.118. The summed E-state index contributed by atoms with van der Waals surface area (Å²) in [4.78, 5) is 15.5. The molecule has 18 heavy (non-hydrogen) atoms. The van der Waals surface area contributed by atoms with E-state index in [1.807, 2.05) is 24.3 Å². The molecule has 2 rings (SSSR count). The molecule has 0 aliphatic rings. The Balaban J connectivity index is 2.06. The van der Waals surface area contributed by atoms with E-state index in [0.717, 1.165) is 11.3 Å². The Hall–Kier alpha value is -1.81. The lowest BCUT2D eigenvalue weighted by atomic mass is 10.1. The van der Waals surface area contributed by atoms with Crippen LogP contribution in [0.1, 0.15) is 6.92 Å². The smallest absolute Gasteiger partial charge is 0.228 e. The first-order valence-corrected chi connectivity index (χ1v) is 6.10. The number of amides is 1. The van der Waals surface area contributed by atoms with E-state index >= 15 is 0 Å². The van der Waals surface area contributed by atoms with Gasteiger partial charge in [0.15, 0.2) is 12.2 Å². The minimum absolute atomic E-state index is 0.0857. The maximum Gasteiger partial charge on any atom is 0.228 e. The van der Waals surface area contributed by atoms with Crippen LogP contribution in [0.4, 0.5) is 5.69 Å². The van der Waals surface area contributed by atoms with Gasteiger partial charge in [-0.05, 0) is 24.3 Å². The molecule has 0 saturated carbocycles. The summed E-state index contributed by atoms with van der Waals surface area (Å²) >= 11 is 5.63. The topological polar surface area (TPSA) is 55.1 Å². The number of hydrogen-bond donors (Lipinski definition) is 1. The normalized spacial score (nSPS) is 12.1. The van der Waals surface area contributed by atoms with Crippen LogP contribution in [0.3, 0.4) is 0 Å². The van der Waals surface area contributed by atoms with Crippen molar-refractivity contribution in [2.75, 3.05) is 11.2 Å². The fraction of sp³-hybridized carbons (Fsp3) is 0.231. The number of benzene rings is 1. The SMILES string of the molecule is CC(CCl)C(=O)Nc1ccc(-c2cnco2)cc1. The van der Waals surface area contributed by atoms with Crippen LogP contribution < -0.4 is 5.32 Å². The molecule has 0 radical (unpaired) electrons. The van der Waals surface area contributed by atoms with Gasteiger partial charge in [0.25, 0.3) is 0 Å². The molecule has 0 fully saturated rings. The molecule has 1 heterocycles. The molecule has 1 unspecified atom stereocenters. The fourth-order valence-electron chi connectivity index (χ4n) is 1.41. The number of aromatic nitrogens is 1. The van der Waals surface area contributed by atoms with Crippen molar-refractivity contribution in [3.05, 3.63) is 36.9 Å². The third kappa shape index (κ3) is 2.90. The molecule has 1 aromatic heterocycles. The number of rotatable bonds is 4. The molecule has 0 saturated heterocycles. The van der Waals surface area contributed by atoms with Gasteiger partial charge in [0.1, 0.15) is 0 Å². The summed E-state index contributed by atoms with van der Waals surface area (Å²) in [5.41, 5.74) is 1.65. The standard InChI is InChI=1S/C13H13ClN2O2/c1-9(6-14)13(17)16-11-4-2-10(3-5-11)12-7-15-8-18-12/h2-5,7-9H,6H2,1H3,(H,16,17). The average Bonchev–Trinajstić information content (AvgIpc) is 2.92. The highest BCUT2D eigenvalue weighted by Gasteiger charge is 2.11. The third-order valence-corrected chi connectivity index (χ3v) is 3.01. The molecule has 0 aliphatic heterocycles. The van der Waals surface area contributed by atoms with E-state index in [1.165, 1.54) is 6.39 Å². The molecule has 1 aromatic carbocycles. The summed E-state index contributed by atoms with van der Waals surface area (Å²) in [5, 5.41) is 2.80. The molecule has 0 aliphatic carbocycles. The van der Waals surface area contributed by atoms with Gasteiger partial charge in [-0.25, -0.2) is 4.98 Å². The Morgan fingerprint density at radius 2 is 2.17 bits per heavy atom. The molecule has 94 valence electrons. The van der Waals surface area contributed by atoms with Gasteiger partial charge in [-0.2, -0.15) is 0 Å². The van der Waals surface area contributed by atoms with Gasteiger partial charge < -0.3 is 9.73 Å². The van der Waals surface area contributed by atoms with E-state index in [4.69, 9.17) is 16.0 Å². The number of halogens is 1. The number of carbonyl (C=O) groups excluding carboxylic acids is 1. The monoisotopic (exact) mass is 264 g/mol. The van der Waals surface area contributed by atoms with Crippen molar-refractivity contribution in [1.29, 1.82) is 0 Å². The Morgan fingerprint density at radius 3 is 2.72 bits per heavy atom. The van der Waals surface area contributed by atoms with Crippen LogP contribution in [0.5, 0.6) is 0 Å². The van der Waals surface area contributed by atoms with Crippen LogP contribution in [0, 0.1) is 5.92 Å². The maximum atomic E-state index is 11.6. The molecule has 1 amide bonds. The zero-order valence-electron chi connectivity index (χ0n) is 9.89. The lowest BCUT2D eigenvalue weighted by Crippen LogP contribution is -2.21. The van der Waals surface area contributed by atoms with Gasteiger partial charge in [-0.15, -0.1) is 11.6 Å². The third-order valence-electron chi connectivity index (χ3n) is 2.55. The van der Waals surface area contributed by atoms with Crippen molar-refractivity contribution < 1.29 is 9.21 Å². The number of hydrogen-bond acceptors (Lipinski definition) is 3. The van der Waals surface area contributed by atoms with E-state index in [9.17, 15) is 4.79 Å². The van der Waals surface area contributed by atoms with Crippen LogP contribution in [0.25, 0.3) is 11.3 Å². The van der Waals surface area contributed by atoms with Crippen molar-refractivity contribution in [1.82, 2.24) is 4.98 Å². The van der Waals surface area contributed by atoms with Crippen LogP contribution in [0.15, 0.2) is 41.3 Å². The zero-order chi connectivity index (χ0) is 13.0. The van der Waals surface area contributed by atoms with Gasteiger partial charge in [0, 0.05) is 23.0 Å². The largest absolute Gasteiger partial charge is 0.444 e. The van der Waals surface area contributed by atoms with Crippen molar-refractivity contribution in [2.24, 2.45) is 5.92 Å². The molecule has 1 N–H and O–H groups in total. The van der Waals surface area contributed by atoms with E-state index in [-0.39, 0.29) is 11.8 Å². The molecule has 1 atom stereocenters. The maximum absolute atomic E-state index is 11.6. The molecule has 5 heteroatoms. The Kier molecular flexibility index (Phi) is 3.99. The molecule has 4 nitrogen and oxygen atoms in total. The van der Waals surface area contributed by atoms with Crippen LogP contribution in [-0.2, 0) is 4.79 Å². The highest BCUT2D eigenvalue weighted by molar-refractivity contribution is 6.19. The number of carbonyl (C=O) groups is 1. The molecule has 0 spiro atoms. The number of alkyl halides is 1. The van der Waals surface area contributed by atoms with E-state index < -0.39 is 0 Å². The summed E-state index contributed by atoms with van der Waals surface area (Å²) < 4.78 is 5.18. The van der Waals surface area contributed by atoms with Gasteiger partial charge in [0.2, 0.25) is 5.91 Å². The second-order valence-electron chi connectivity index (χ2n) is 3.99. The minimum atomic E-state index is -0.208. The first kappa shape index (κ1) is 12.6. The Morgan fingerprint density at radius 1 is 1.44 bits per heavy atom. The second-order valence-corrected chi connectivity index (χ2v) is 4.30. The van der Waals surface area contributed by atoms with E-state index in [2.05, 4.69) is 10.3 Å². The molecular weight excluding hydrogens is 252 g/mol. The zero-order valence-corrected chi connectivity index (χ0v) is 10.6. The van der Waals surface area contributed by atoms with E-state index in [0.29, 0.717) is 11.6 Å². The first-order valence-electron chi connectivity index (χ1n) is 5.56. The first-order chi connectivity index (χ1) is 8.70. The van der Waals surface area contributed by atoms with Gasteiger partial charge in [-0.3, -0.25) is 4.79 Å². The highest BCUT2D eigenvalue weighted by atomic mass is 35.5. The average molecular weight is 265 g/mol. The quantitative estimate of drug-likeness (QED) is 0.863. The highest BCUT2D eigenvalue weighted by Crippen LogP contribution is 2.21. The summed E-state index contributed by atoms with van der Waals surface area (Å²) in [5.74, 6) is 0.710. The second kappa shape index (κ2) is 5.69. The molecular formula is C13H13ClN2O2. The van der Waals surface area contributed by atoms with Crippen molar-refractivity contribution in [3.63, 3.8) is 0 Å². The molecule has 2 aromatic rings. The summed E-state index contributed by atoms with van der Waals surface area (Å²) in [7, 11) is 0. The van der Waals surface area contributed by atoms with Crippen molar-refractivity contribution in [2.45, 2.75) is 6.92 Å². The number of nitrogens with zero attached hydrogens (tertiary/aromatic N) is 1.